The number of piperidine rings is 2. The summed E-state index contributed by atoms with van der Waals surface area (Å²) in [4.78, 5) is 43.4. The second kappa shape index (κ2) is 9.29. The van der Waals surface area contributed by atoms with Crippen LogP contribution in [0.2, 0.25) is 0 Å². The van der Waals surface area contributed by atoms with Crippen molar-refractivity contribution < 1.29 is 14.4 Å². The van der Waals surface area contributed by atoms with Crippen molar-refractivity contribution in [3.05, 3.63) is 34.9 Å². The van der Waals surface area contributed by atoms with Crippen molar-refractivity contribution in [2.45, 2.75) is 44.8 Å². The Kier molecular flexibility index (Phi) is 6.26. The Morgan fingerprint density at radius 1 is 1.00 bits per heavy atom. The van der Waals surface area contributed by atoms with E-state index in [4.69, 9.17) is 0 Å². The molecule has 0 saturated carbocycles. The molecule has 0 radical (unpaired) electrons. The smallest absolute Gasteiger partial charge is 0.255 e. The third-order valence-electron chi connectivity index (χ3n) is 7.38. The minimum absolute atomic E-state index is 0.0951. The molecule has 5 rings (SSSR count). The number of rotatable bonds is 5. The molecule has 2 unspecified atom stereocenters. The fourth-order valence-corrected chi connectivity index (χ4v) is 5.53. The molecule has 172 valence electrons. The van der Waals surface area contributed by atoms with Gasteiger partial charge in [0.15, 0.2) is 0 Å². The third kappa shape index (κ3) is 4.58. The highest BCUT2D eigenvalue weighted by Crippen LogP contribution is 2.28. The molecule has 0 aliphatic carbocycles. The largest absolute Gasteiger partial charge is 0.322 e. The molecule has 2 N–H and O–H groups in total. The van der Waals surface area contributed by atoms with E-state index in [9.17, 15) is 14.4 Å². The summed E-state index contributed by atoms with van der Waals surface area (Å²) in [5.41, 5.74) is 2.82. The van der Waals surface area contributed by atoms with Crippen molar-refractivity contribution in [1.29, 1.82) is 0 Å². The van der Waals surface area contributed by atoms with E-state index in [0.29, 0.717) is 18.5 Å². The van der Waals surface area contributed by atoms with Gasteiger partial charge in [0.05, 0.1) is 0 Å². The Bertz CT molecular complexity index is 890. The molecule has 2 atom stereocenters. The molecule has 8 heteroatoms. The molecule has 4 heterocycles. The van der Waals surface area contributed by atoms with E-state index in [1.807, 2.05) is 12.1 Å². The van der Waals surface area contributed by atoms with E-state index in [2.05, 4.69) is 26.5 Å². The number of nitrogens with zero attached hydrogens (tertiary/aromatic N) is 3. The van der Waals surface area contributed by atoms with E-state index < -0.39 is 6.04 Å². The molecule has 1 aromatic rings. The van der Waals surface area contributed by atoms with Gasteiger partial charge in [-0.05, 0) is 55.5 Å². The number of nitrogens with one attached hydrogen (secondary N) is 2. The topological polar surface area (TPSA) is 85.0 Å². The monoisotopic (exact) mass is 439 g/mol. The molecule has 3 amide bonds. The van der Waals surface area contributed by atoms with Crippen molar-refractivity contribution in [3.8, 4) is 0 Å². The van der Waals surface area contributed by atoms with Gasteiger partial charge in [0.2, 0.25) is 11.8 Å². The van der Waals surface area contributed by atoms with E-state index >= 15 is 0 Å². The number of hydrogen-bond acceptors (Lipinski definition) is 6. The lowest BCUT2D eigenvalue weighted by Gasteiger charge is -2.37. The quantitative estimate of drug-likeness (QED) is 0.653. The van der Waals surface area contributed by atoms with Crippen LogP contribution in [0.1, 0.15) is 47.2 Å². The first kappa shape index (κ1) is 21.6. The summed E-state index contributed by atoms with van der Waals surface area (Å²) >= 11 is 0. The Labute approximate surface area is 189 Å². The molecule has 3 saturated heterocycles. The van der Waals surface area contributed by atoms with Crippen LogP contribution < -0.4 is 10.6 Å². The zero-order chi connectivity index (χ0) is 22.1. The number of carbonyl (C=O) groups is 3. The van der Waals surface area contributed by atoms with Crippen LogP contribution in [0.5, 0.6) is 0 Å². The summed E-state index contributed by atoms with van der Waals surface area (Å²) in [5.74, 6) is 0.0744. The Hall–Kier alpha value is -2.29. The lowest BCUT2D eigenvalue weighted by atomic mass is 9.99. The van der Waals surface area contributed by atoms with Crippen LogP contribution in [0.4, 0.5) is 0 Å². The Morgan fingerprint density at radius 3 is 2.56 bits per heavy atom. The number of imide groups is 1. The van der Waals surface area contributed by atoms with Gasteiger partial charge in [-0.1, -0.05) is 12.1 Å². The number of fused-ring (bicyclic) bond motifs is 1. The summed E-state index contributed by atoms with van der Waals surface area (Å²) in [6.45, 7) is 9.10. The highest BCUT2D eigenvalue weighted by Gasteiger charge is 2.39. The average Bonchev–Trinajstić information content (AvgIpc) is 3.12. The van der Waals surface area contributed by atoms with Gasteiger partial charge in [-0.2, -0.15) is 0 Å². The van der Waals surface area contributed by atoms with Crippen molar-refractivity contribution in [3.63, 3.8) is 0 Å². The van der Waals surface area contributed by atoms with Crippen LogP contribution in [0.15, 0.2) is 18.2 Å². The summed E-state index contributed by atoms with van der Waals surface area (Å²) in [6, 6.07) is 5.59. The van der Waals surface area contributed by atoms with Crippen molar-refractivity contribution in [2.24, 2.45) is 5.92 Å². The molecular formula is C24H33N5O3. The van der Waals surface area contributed by atoms with Gasteiger partial charge >= 0.3 is 0 Å². The first-order chi connectivity index (χ1) is 15.6. The third-order valence-corrected chi connectivity index (χ3v) is 7.38. The first-order valence-corrected chi connectivity index (χ1v) is 12.0. The molecule has 0 bridgehead atoms. The predicted molar refractivity (Wildman–Crippen MR) is 120 cm³/mol. The van der Waals surface area contributed by atoms with Gasteiger partial charge in [0.25, 0.3) is 5.91 Å². The molecule has 3 fully saturated rings. The minimum atomic E-state index is -0.552. The Balaban J connectivity index is 1.16. The Morgan fingerprint density at radius 2 is 1.81 bits per heavy atom. The molecule has 4 aliphatic rings. The lowest BCUT2D eigenvalue weighted by Crippen LogP contribution is -2.52. The SMILES string of the molecule is O=C1CCC(N2Cc3ccc(CN4CCN(CC5CCCNC5)CC4)cc3C2=O)C(=O)N1. The molecule has 4 aliphatic heterocycles. The zero-order valence-electron chi connectivity index (χ0n) is 18.6. The van der Waals surface area contributed by atoms with Crippen LogP contribution in [0, 0.1) is 5.92 Å². The second-order valence-corrected chi connectivity index (χ2v) is 9.68. The molecule has 32 heavy (non-hydrogen) atoms. The summed E-state index contributed by atoms with van der Waals surface area (Å²) in [7, 11) is 0. The summed E-state index contributed by atoms with van der Waals surface area (Å²) in [6.07, 6.45) is 3.32. The van der Waals surface area contributed by atoms with E-state index in [0.717, 1.165) is 56.3 Å². The molecule has 1 aromatic carbocycles. The second-order valence-electron chi connectivity index (χ2n) is 9.68. The van der Waals surface area contributed by atoms with Gasteiger partial charge in [0, 0.05) is 57.8 Å². The number of hydrogen-bond donors (Lipinski definition) is 2. The number of amides is 3. The van der Waals surface area contributed by atoms with Crippen LogP contribution >= 0.6 is 0 Å². The maximum Gasteiger partial charge on any atom is 0.255 e. The maximum absolute atomic E-state index is 13.0. The summed E-state index contributed by atoms with van der Waals surface area (Å²) in [5, 5.41) is 5.88. The number of piperazine rings is 1. The fraction of sp³-hybridized carbons (Fsp3) is 0.625. The van der Waals surface area contributed by atoms with Gasteiger partial charge in [-0.25, -0.2) is 0 Å². The van der Waals surface area contributed by atoms with Crippen LogP contribution in [0.25, 0.3) is 0 Å². The van der Waals surface area contributed by atoms with Crippen molar-refractivity contribution in [2.75, 3.05) is 45.8 Å². The molecule has 0 aromatic heterocycles. The van der Waals surface area contributed by atoms with Gasteiger partial charge < -0.3 is 15.1 Å². The van der Waals surface area contributed by atoms with Crippen molar-refractivity contribution >= 4 is 17.7 Å². The average molecular weight is 440 g/mol. The highest BCUT2D eigenvalue weighted by atomic mass is 16.2. The van der Waals surface area contributed by atoms with E-state index in [1.165, 1.54) is 25.9 Å². The first-order valence-electron chi connectivity index (χ1n) is 12.0. The standard InChI is InChI=1S/C24H33N5O3/c30-22-6-5-21(23(31)26-22)29-16-19-4-3-17(12-20(19)24(29)32)14-27-8-10-28(11-9-27)15-18-2-1-7-25-13-18/h3-4,12,18,21,25H,1-2,5-11,13-16H2,(H,26,30,31). The number of carbonyl (C=O) groups excluding carboxylic acids is 3. The van der Waals surface area contributed by atoms with Crippen LogP contribution in [-0.2, 0) is 22.7 Å². The van der Waals surface area contributed by atoms with Gasteiger partial charge in [-0.3, -0.25) is 24.6 Å². The van der Waals surface area contributed by atoms with Gasteiger partial charge in [0.1, 0.15) is 6.04 Å². The lowest BCUT2D eigenvalue weighted by molar-refractivity contribution is -0.136. The van der Waals surface area contributed by atoms with Crippen LogP contribution in [-0.4, -0.2) is 84.3 Å². The summed E-state index contributed by atoms with van der Waals surface area (Å²) < 4.78 is 0. The normalized spacial score (nSPS) is 27.5. The fourth-order valence-electron chi connectivity index (χ4n) is 5.53. The molecular weight excluding hydrogens is 406 g/mol. The van der Waals surface area contributed by atoms with Crippen LogP contribution in [0.3, 0.4) is 0 Å². The predicted octanol–water partition coefficient (Wildman–Crippen LogP) is 0.565. The van der Waals surface area contributed by atoms with Gasteiger partial charge in [-0.15, -0.1) is 0 Å². The van der Waals surface area contributed by atoms with Crippen molar-refractivity contribution in [1.82, 2.24) is 25.3 Å². The molecule has 8 nitrogen and oxygen atoms in total. The van der Waals surface area contributed by atoms with E-state index in [-0.39, 0.29) is 24.1 Å². The maximum atomic E-state index is 13.0. The number of benzene rings is 1. The van der Waals surface area contributed by atoms with E-state index in [1.54, 1.807) is 4.90 Å². The highest BCUT2D eigenvalue weighted by molar-refractivity contribution is 6.05. The zero-order valence-corrected chi connectivity index (χ0v) is 18.6. The molecule has 0 spiro atoms. The minimum Gasteiger partial charge on any atom is -0.322 e.